The Kier molecular flexibility index (Phi) is 11.6. The highest BCUT2D eigenvalue weighted by atomic mass is 32.2. The first-order chi connectivity index (χ1) is 25.8. The summed E-state index contributed by atoms with van der Waals surface area (Å²) in [5.41, 5.74) is 2.17. The van der Waals surface area contributed by atoms with Gasteiger partial charge in [-0.05, 0) is 74.5 Å². The van der Waals surface area contributed by atoms with Crippen molar-refractivity contribution in [2.75, 3.05) is 23.7 Å². The van der Waals surface area contributed by atoms with E-state index in [0.29, 0.717) is 32.6 Å². The number of hydrogen-bond donors (Lipinski definition) is 2. The Hall–Kier alpha value is -5.04. The van der Waals surface area contributed by atoms with E-state index in [-0.39, 0.29) is 93.5 Å². The van der Waals surface area contributed by atoms with Crippen LogP contribution in [0.4, 0.5) is 21.0 Å². The van der Waals surface area contributed by atoms with Crippen LogP contribution in [0.2, 0.25) is 0 Å². The Morgan fingerprint density at radius 3 is 1.31 bits per heavy atom. The van der Waals surface area contributed by atoms with Crippen LogP contribution < -0.4 is 21.8 Å². The fourth-order valence-corrected chi connectivity index (χ4v) is 9.09. The van der Waals surface area contributed by atoms with Crippen LogP contribution in [0, 0.1) is 13.8 Å². The smallest absolute Gasteiger partial charge is 0.295 e. The summed E-state index contributed by atoms with van der Waals surface area (Å²) in [6.45, 7) is 3.79. The van der Waals surface area contributed by atoms with Crippen molar-refractivity contribution in [3.63, 3.8) is 0 Å². The molecule has 2 aliphatic rings. The van der Waals surface area contributed by atoms with Crippen LogP contribution in [-0.4, -0.2) is 73.9 Å². The molecule has 0 spiro atoms. The van der Waals surface area contributed by atoms with Gasteiger partial charge < -0.3 is 10.6 Å². The summed E-state index contributed by atoms with van der Waals surface area (Å²) in [7, 11) is 3.48. The molecule has 14 nitrogen and oxygen atoms in total. The van der Waals surface area contributed by atoms with Gasteiger partial charge in [0.05, 0.1) is 32.6 Å². The van der Waals surface area contributed by atoms with Gasteiger partial charge in [-0.25, -0.2) is 9.36 Å². The number of carbonyl (C=O) groups excluding carboxylic acids is 4. The fourth-order valence-electron chi connectivity index (χ4n) is 6.08. The highest BCUT2D eigenvalue weighted by molar-refractivity contribution is 8.23. The normalized spacial score (nSPS) is 15.9. The lowest BCUT2D eigenvalue weighted by molar-refractivity contribution is -0.117. The topological polar surface area (TPSA) is 153 Å². The first-order valence-corrected chi connectivity index (χ1v) is 19.3. The van der Waals surface area contributed by atoms with Gasteiger partial charge in [-0.15, -0.1) is 0 Å². The van der Waals surface area contributed by atoms with Gasteiger partial charge in [0.2, 0.25) is 11.8 Å². The number of amides is 4. The molecule has 0 atom stereocenters. The zero-order valence-corrected chi connectivity index (χ0v) is 33.0. The molecular formula is C36H36N8O6S4. The second-order valence-electron chi connectivity index (χ2n) is 12.5. The highest BCUT2D eigenvalue weighted by Gasteiger charge is 2.40. The third kappa shape index (κ3) is 7.51. The predicted molar refractivity (Wildman–Crippen MR) is 219 cm³/mol. The number of rotatable bonds is 12. The molecule has 2 aromatic heterocycles. The van der Waals surface area contributed by atoms with E-state index in [0.717, 1.165) is 23.5 Å². The molecule has 0 unspecified atom stereocenters. The molecule has 0 aliphatic carbocycles. The summed E-state index contributed by atoms with van der Waals surface area (Å²) >= 11 is 13.0. The Balaban J connectivity index is 1.02. The fraction of sp³-hybridized carbons (Fsp3) is 0.278. The molecule has 0 saturated carbocycles. The molecule has 6 rings (SSSR count). The molecule has 280 valence electrons. The van der Waals surface area contributed by atoms with Crippen molar-refractivity contribution in [3.05, 3.63) is 103 Å². The number of anilines is 2. The van der Waals surface area contributed by atoms with Crippen molar-refractivity contribution in [1.29, 1.82) is 0 Å². The van der Waals surface area contributed by atoms with Crippen LogP contribution in [0.1, 0.15) is 37.1 Å². The number of hydrogen-bond acceptors (Lipinski definition) is 10. The van der Waals surface area contributed by atoms with Gasteiger partial charge in [0.1, 0.15) is 21.4 Å². The number of aromatic nitrogens is 4. The minimum Gasteiger partial charge on any atom is -0.320 e. The lowest BCUT2D eigenvalue weighted by Gasteiger charge is -2.15. The number of nitrogens with one attached hydrogen (secondary N) is 2. The van der Waals surface area contributed by atoms with Gasteiger partial charge in [-0.1, -0.05) is 60.8 Å². The molecule has 54 heavy (non-hydrogen) atoms. The number of para-hydroxylation sites is 2. The van der Waals surface area contributed by atoms with Crippen molar-refractivity contribution >= 4 is 91.6 Å². The van der Waals surface area contributed by atoms with Crippen LogP contribution in [-0.2, 0) is 23.7 Å². The second kappa shape index (κ2) is 16.1. The SMILES string of the molecule is Cc1c(NC(=O)CCCN2C(=O)S/C(=C3/SC(=O)N(CCCC(=O)Nc4c(C)n(C)n(-c5ccccc5)c4=O)C3=S)C2=S)c(=O)n(-c2ccccc2)n1C. The molecular weight excluding hydrogens is 769 g/mol. The molecule has 2 saturated heterocycles. The first kappa shape index (κ1) is 38.7. The largest absolute Gasteiger partial charge is 0.320 e. The molecule has 4 amide bonds. The predicted octanol–water partition coefficient (Wildman–Crippen LogP) is 5.62. The lowest BCUT2D eigenvalue weighted by atomic mass is 10.2. The summed E-state index contributed by atoms with van der Waals surface area (Å²) in [6.07, 6.45) is 0.601. The maximum Gasteiger partial charge on any atom is 0.295 e. The number of thiocarbonyl (C=S) groups is 2. The molecule has 2 aliphatic heterocycles. The molecule has 0 radical (unpaired) electrons. The van der Waals surface area contributed by atoms with Gasteiger partial charge in [0, 0.05) is 40.0 Å². The second-order valence-corrected chi connectivity index (χ2v) is 15.2. The first-order valence-electron chi connectivity index (χ1n) is 16.9. The zero-order chi connectivity index (χ0) is 38.8. The van der Waals surface area contributed by atoms with E-state index in [2.05, 4.69) is 10.6 Å². The quantitative estimate of drug-likeness (QED) is 0.136. The van der Waals surface area contributed by atoms with E-state index in [4.69, 9.17) is 24.4 Å². The minimum atomic E-state index is -0.379. The van der Waals surface area contributed by atoms with E-state index >= 15 is 0 Å². The molecule has 2 N–H and O–H groups in total. The van der Waals surface area contributed by atoms with Crippen molar-refractivity contribution in [2.45, 2.75) is 39.5 Å². The van der Waals surface area contributed by atoms with E-state index in [1.54, 1.807) is 61.6 Å². The maximum absolute atomic E-state index is 13.2. The summed E-state index contributed by atoms with van der Waals surface area (Å²) in [4.78, 5) is 82.1. The minimum absolute atomic E-state index is 0.0298. The maximum atomic E-state index is 13.2. The van der Waals surface area contributed by atoms with Crippen molar-refractivity contribution in [3.8, 4) is 11.4 Å². The molecule has 4 heterocycles. The number of carbonyl (C=O) groups is 4. The van der Waals surface area contributed by atoms with Crippen molar-refractivity contribution in [2.24, 2.45) is 14.1 Å². The van der Waals surface area contributed by atoms with E-state index in [1.165, 1.54) is 19.2 Å². The third-order valence-corrected chi connectivity index (χ3v) is 12.3. The number of nitrogens with zero attached hydrogens (tertiary/aromatic N) is 6. The van der Waals surface area contributed by atoms with Gasteiger partial charge in [0.25, 0.3) is 21.6 Å². The van der Waals surface area contributed by atoms with Crippen LogP contribution in [0.25, 0.3) is 11.4 Å². The summed E-state index contributed by atoms with van der Waals surface area (Å²) in [5, 5.41) is 4.76. The number of benzene rings is 2. The third-order valence-electron chi connectivity index (χ3n) is 9.11. The van der Waals surface area contributed by atoms with Gasteiger partial charge in [-0.3, -0.25) is 47.9 Å². The van der Waals surface area contributed by atoms with Crippen LogP contribution in [0.3, 0.4) is 0 Å². The summed E-state index contributed by atoms with van der Waals surface area (Å²) in [5.74, 6) is -0.758. The molecule has 18 heteroatoms. The Bertz CT molecular complexity index is 2200. The van der Waals surface area contributed by atoms with Crippen molar-refractivity contribution < 1.29 is 19.2 Å². The van der Waals surface area contributed by atoms with E-state index in [9.17, 15) is 28.8 Å². The van der Waals surface area contributed by atoms with Gasteiger partial charge in [0.15, 0.2) is 0 Å². The van der Waals surface area contributed by atoms with Gasteiger partial charge >= 0.3 is 0 Å². The molecule has 2 aromatic carbocycles. The molecule has 2 fully saturated rings. The van der Waals surface area contributed by atoms with Crippen LogP contribution >= 0.6 is 48.0 Å². The average molecular weight is 805 g/mol. The standard InChI is InChI=1S/C36H36N8O6S4/c1-21-27(31(47)43(39(21)3)23-13-7-5-8-14-23)37-25(45)17-11-19-41-33(51)29(53-35(41)49)30-34(52)42(36(50)54-30)20-12-18-26(46)38-28-22(2)40(4)44(32(28)48)24-15-9-6-10-16-24/h5-10,13-16H,11-12,17-20H2,1-4H3,(H,37,45)(H,38,46)/b30-29+. The Labute approximate surface area is 329 Å². The molecule has 0 bridgehead atoms. The van der Waals surface area contributed by atoms with E-state index < -0.39 is 0 Å². The van der Waals surface area contributed by atoms with Gasteiger partial charge in [-0.2, -0.15) is 0 Å². The average Bonchev–Trinajstić information content (AvgIpc) is 3.75. The Morgan fingerprint density at radius 2 is 0.963 bits per heavy atom. The van der Waals surface area contributed by atoms with Crippen molar-refractivity contribution in [1.82, 2.24) is 28.5 Å². The van der Waals surface area contributed by atoms with Crippen LogP contribution in [0.5, 0.6) is 0 Å². The summed E-state index contributed by atoms with van der Waals surface area (Å²) < 4.78 is 6.30. The monoisotopic (exact) mass is 804 g/mol. The summed E-state index contributed by atoms with van der Waals surface area (Å²) in [6, 6.07) is 18.2. The molecule has 4 aromatic rings. The van der Waals surface area contributed by atoms with Crippen LogP contribution in [0.15, 0.2) is 80.1 Å². The number of thioether (sulfide) groups is 2. The zero-order valence-electron chi connectivity index (χ0n) is 29.8. The highest BCUT2D eigenvalue weighted by Crippen LogP contribution is 2.43. The Morgan fingerprint density at radius 1 is 0.611 bits per heavy atom. The van der Waals surface area contributed by atoms with E-state index in [1.807, 2.05) is 36.4 Å². The lowest BCUT2D eigenvalue weighted by Crippen LogP contribution is -2.30.